The Bertz CT molecular complexity index is 1840. The zero-order valence-electron chi connectivity index (χ0n) is 31.2. The molecule has 5 rings (SSSR count). The van der Waals surface area contributed by atoms with E-state index in [1.807, 2.05) is 69.3 Å². The van der Waals surface area contributed by atoms with Gasteiger partial charge in [-0.3, -0.25) is 4.79 Å². The summed E-state index contributed by atoms with van der Waals surface area (Å²) in [4.78, 5) is 36.9. The number of hydrogen-bond donors (Lipinski definition) is 1. The first-order valence-corrected chi connectivity index (χ1v) is 21.3. The van der Waals surface area contributed by atoms with Gasteiger partial charge in [0.2, 0.25) is 0 Å². The molecule has 4 aromatic rings. The van der Waals surface area contributed by atoms with Crippen LogP contribution in [0, 0.1) is 0 Å². The first-order valence-electron chi connectivity index (χ1n) is 17.6. The van der Waals surface area contributed by atoms with Crippen LogP contribution in [0.2, 0.25) is 25.7 Å². The lowest BCUT2D eigenvalue weighted by Crippen LogP contribution is -2.39. The molecular formula is C40H53N5O4Si. The zero-order chi connectivity index (χ0) is 36.3. The van der Waals surface area contributed by atoms with Crippen molar-refractivity contribution in [1.82, 2.24) is 24.8 Å². The average Bonchev–Trinajstić information content (AvgIpc) is 3.43. The Balaban J connectivity index is 1.38. The summed E-state index contributed by atoms with van der Waals surface area (Å²) in [5.74, 6) is -0.101. The van der Waals surface area contributed by atoms with E-state index in [1.165, 1.54) is 5.56 Å². The van der Waals surface area contributed by atoms with Gasteiger partial charge in [-0.15, -0.1) is 0 Å². The molecule has 0 bridgehead atoms. The SMILES string of the molecule is CC(C)(C)OC(=O)N1CC=C(c2cn(COCC[Si](C)(C)C)c3ncnc(-c4ccc(CNC(=O)c5ccc(C(C)(C)C)cc5)cc4)c23)CC1. The van der Waals surface area contributed by atoms with Crippen molar-refractivity contribution in [3.05, 3.63) is 89.4 Å². The molecule has 10 heteroatoms. The zero-order valence-corrected chi connectivity index (χ0v) is 32.2. The molecule has 2 aromatic carbocycles. The summed E-state index contributed by atoms with van der Waals surface area (Å²) in [6, 6.07) is 17.1. The van der Waals surface area contributed by atoms with Crippen molar-refractivity contribution in [3.63, 3.8) is 0 Å². The minimum absolute atomic E-state index is 0.0346. The molecular weight excluding hydrogens is 643 g/mol. The molecule has 1 aliphatic heterocycles. The number of nitrogens with one attached hydrogen (secondary N) is 1. The van der Waals surface area contributed by atoms with Crippen molar-refractivity contribution < 1.29 is 19.1 Å². The van der Waals surface area contributed by atoms with Crippen molar-refractivity contribution >= 4 is 36.7 Å². The Morgan fingerprint density at radius 1 is 0.940 bits per heavy atom. The normalized spacial score (nSPS) is 14.1. The van der Waals surface area contributed by atoms with Gasteiger partial charge in [-0.1, -0.05) is 82.9 Å². The third-order valence-electron chi connectivity index (χ3n) is 8.78. The number of fused-ring (bicyclic) bond motifs is 1. The standard InChI is InChI=1S/C40H53N5O4Si/c1-39(2,3)32-16-14-31(15-17-32)37(46)41-24-28-10-12-30(13-11-28)35-34-33(29-18-20-44(21-19-29)38(47)49-40(4,5)6)25-45(36(34)43-26-42-35)27-48-22-23-50(7,8)9/h10-18,25-26H,19-24,27H2,1-9H3,(H,41,46). The van der Waals surface area contributed by atoms with E-state index in [-0.39, 0.29) is 17.4 Å². The van der Waals surface area contributed by atoms with Gasteiger partial charge >= 0.3 is 6.09 Å². The largest absolute Gasteiger partial charge is 0.444 e. The van der Waals surface area contributed by atoms with Gasteiger partial charge < -0.3 is 24.3 Å². The number of carbonyl (C=O) groups excluding carboxylic acids is 2. The summed E-state index contributed by atoms with van der Waals surface area (Å²) in [5.41, 5.74) is 7.09. The summed E-state index contributed by atoms with van der Waals surface area (Å²) >= 11 is 0. The predicted molar refractivity (Wildman–Crippen MR) is 204 cm³/mol. The molecule has 0 unspecified atom stereocenters. The van der Waals surface area contributed by atoms with Gasteiger partial charge in [-0.25, -0.2) is 14.8 Å². The maximum Gasteiger partial charge on any atom is 0.410 e. The third-order valence-corrected chi connectivity index (χ3v) is 10.5. The van der Waals surface area contributed by atoms with Crippen LogP contribution >= 0.6 is 0 Å². The molecule has 2 amide bonds. The number of rotatable bonds is 10. The van der Waals surface area contributed by atoms with Gasteiger partial charge in [0.15, 0.2) is 0 Å². The predicted octanol–water partition coefficient (Wildman–Crippen LogP) is 8.66. The summed E-state index contributed by atoms with van der Waals surface area (Å²) in [7, 11) is -1.23. The molecule has 9 nitrogen and oxygen atoms in total. The maximum absolute atomic E-state index is 12.9. The fourth-order valence-corrected chi connectivity index (χ4v) is 6.57. The lowest BCUT2D eigenvalue weighted by Gasteiger charge is -2.29. The van der Waals surface area contributed by atoms with Crippen molar-refractivity contribution in [3.8, 4) is 11.3 Å². The Hall–Kier alpha value is -4.28. The molecule has 1 N–H and O–H groups in total. The van der Waals surface area contributed by atoms with Crippen LogP contribution in [-0.2, 0) is 28.2 Å². The van der Waals surface area contributed by atoms with Gasteiger partial charge in [0.05, 0.1) is 11.1 Å². The summed E-state index contributed by atoms with van der Waals surface area (Å²) in [6.45, 7) is 21.7. The second-order valence-electron chi connectivity index (χ2n) is 16.4. The Labute approximate surface area is 298 Å². The first kappa shape index (κ1) is 37.0. The number of amides is 2. The van der Waals surface area contributed by atoms with Crippen LogP contribution < -0.4 is 5.32 Å². The van der Waals surface area contributed by atoms with Crippen LogP contribution in [0.4, 0.5) is 4.79 Å². The fourth-order valence-electron chi connectivity index (χ4n) is 5.82. The maximum atomic E-state index is 12.9. The number of ether oxygens (including phenoxy) is 2. The van der Waals surface area contributed by atoms with Crippen molar-refractivity contribution in [2.75, 3.05) is 19.7 Å². The number of benzene rings is 2. The van der Waals surface area contributed by atoms with Gasteiger partial charge in [-0.2, -0.15) is 0 Å². The molecule has 0 fully saturated rings. The Morgan fingerprint density at radius 2 is 1.64 bits per heavy atom. The Kier molecular flexibility index (Phi) is 11.0. The first-order chi connectivity index (χ1) is 23.5. The molecule has 0 spiro atoms. The quantitative estimate of drug-likeness (QED) is 0.132. The van der Waals surface area contributed by atoms with Gasteiger partial charge in [0.1, 0.15) is 24.3 Å². The molecule has 0 radical (unpaired) electrons. The highest BCUT2D eigenvalue weighted by Crippen LogP contribution is 2.36. The molecule has 266 valence electrons. The van der Waals surface area contributed by atoms with Gasteiger partial charge in [0, 0.05) is 57.2 Å². The minimum Gasteiger partial charge on any atom is -0.444 e. The second kappa shape index (κ2) is 14.9. The second-order valence-corrected chi connectivity index (χ2v) is 22.0. The van der Waals surface area contributed by atoms with Crippen LogP contribution in [0.25, 0.3) is 27.9 Å². The highest BCUT2D eigenvalue weighted by atomic mass is 28.3. The number of aromatic nitrogens is 3. The fraction of sp³-hybridized carbons (Fsp3) is 0.450. The van der Waals surface area contributed by atoms with E-state index < -0.39 is 13.7 Å². The van der Waals surface area contributed by atoms with E-state index in [2.05, 4.69) is 62.6 Å². The van der Waals surface area contributed by atoms with Crippen molar-refractivity contribution in [2.24, 2.45) is 0 Å². The smallest absolute Gasteiger partial charge is 0.410 e. The highest BCUT2D eigenvalue weighted by molar-refractivity contribution is 6.76. The van der Waals surface area contributed by atoms with Crippen molar-refractivity contribution in [1.29, 1.82) is 0 Å². The van der Waals surface area contributed by atoms with Crippen LogP contribution in [0.5, 0.6) is 0 Å². The molecule has 50 heavy (non-hydrogen) atoms. The summed E-state index contributed by atoms with van der Waals surface area (Å²) < 4.78 is 13.9. The van der Waals surface area contributed by atoms with Crippen LogP contribution in [-0.4, -0.2) is 64.8 Å². The molecule has 3 heterocycles. The Morgan fingerprint density at radius 3 is 2.24 bits per heavy atom. The number of nitrogens with zero attached hydrogens (tertiary/aromatic N) is 4. The van der Waals surface area contributed by atoms with Crippen LogP contribution in [0.3, 0.4) is 0 Å². The monoisotopic (exact) mass is 695 g/mol. The van der Waals surface area contributed by atoms with E-state index in [0.29, 0.717) is 45.0 Å². The number of hydrogen-bond acceptors (Lipinski definition) is 6. The van der Waals surface area contributed by atoms with E-state index in [0.717, 1.165) is 45.0 Å². The minimum atomic E-state index is -1.23. The molecule has 0 aliphatic carbocycles. The van der Waals surface area contributed by atoms with Crippen molar-refractivity contribution in [2.45, 2.75) is 97.9 Å². The topological polar surface area (TPSA) is 98.6 Å². The van der Waals surface area contributed by atoms with E-state index >= 15 is 0 Å². The average molecular weight is 696 g/mol. The molecule has 0 saturated heterocycles. The molecule has 0 saturated carbocycles. The summed E-state index contributed by atoms with van der Waals surface area (Å²) in [5, 5.41) is 4.01. The molecule has 2 aromatic heterocycles. The lowest BCUT2D eigenvalue weighted by molar-refractivity contribution is 0.0270. The van der Waals surface area contributed by atoms with Crippen LogP contribution in [0.1, 0.15) is 75.0 Å². The lowest BCUT2D eigenvalue weighted by atomic mass is 9.87. The summed E-state index contributed by atoms with van der Waals surface area (Å²) in [6.07, 6.45) is 6.21. The van der Waals surface area contributed by atoms with Gasteiger partial charge in [0.25, 0.3) is 5.91 Å². The van der Waals surface area contributed by atoms with E-state index in [1.54, 1.807) is 11.2 Å². The molecule has 0 atom stereocenters. The van der Waals surface area contributed by atoms with E-state index in [9.17, 15) is 9.59 Å². The molecule has 1 aliphatic rings. The van der Waals surface area contributed by atoms with Crippen LogP contribution in [0.15, 0.2) is 67.1 Å². The number of carbonyl (C=O) groups is 2. The highest BCUT2D eigenvalue weighted by Gasteiger charge is 2.26. The van der Waals surface area contributed by atoms with Gasteiger partial charge in [-0.05, 0) is 67.5 Å². The third kappa shape index (κ3) is 9.48. The van der Waals surface area contributed by atoms with E-state index in [4.69, 9.17) is 19.4 Å².